The van der Waals surface area contributed by atoms with Crippen LogP contribution in [0.4, 0.5) is 0 Å². The van der Waals surface area contributed by atoms with Crippen molar-refractivity contribution in [1.29, 1.82) is 0 Å². The fourth-order valence-electron chi connectivity index (χ4n) is 3.93. The number of hydrogen-bond acceptors (Lipinski definition) is 5. The highest BCUT2D eigenvalue weighted by Crippen LogP contribution is 2.24. The van der Waals surface area contributed by atoms with Gasteiger partial charge in [0.2, 0.25) is 11.8 Å². The molecule has 1 unspecified atom stereocenters. The Morgan fingerprint density at radius 3 is 2.70 bits per heavy atom. The van der Waals surface area contributed by atoms with Gasteiger partial charge in [-0.05, 0) is 43.0 Å². The summed E-state index contributed by atoms with van der Waals surface area (Å²) >= 11 is 6.04. The molecule has 2 aromatic rings. The number of hydrogen-bond donors (Lipinski definition) is 3. The third-order valence-corrected chi connectivity index (χ3v) is 5.72. The molecule has 2 amide bonds. The van der Waals surface area contributed by atoms with Gasteiger partial charge >= 0.3 is 5.97 Å². The number of benzene rings is 2. The molecule has 3 rings (SSSR count). The third-order valence-electron chi connectivity index (χ3n) is 5.48. The van der Waals surface area contributed by atoms with E-state index in [0.29, 0.717) is 35.7 Å². The first-order chi connectivity index (χ1) is 15.8. The number of carbonyl (C=O) groups excluding carboxylic acids is 2. The molecule has 2 aromatic carbocycles. The Morgan fingerprint density at radius 2 is 1.97 bits per heavy atom. The number of rotatable bonds is 10. The standard InChI is InChI=1S/C24H28ClN3O5/c25-18-8-9-21(33-15-23(30)31)17(12-18)14-27-24(32)20-7-4-10-28(20)22(29)13-19(26)11-16-5-2-1-3-6-16/h1-3,5-6,8-9,12,19-20H,4,7,10-11,13-15,26H2,(H,27,32)(H,30,31)/t19?,20-/m1/s1. The van der Waals surface area contributed by atoms with Crippen LogP contribution >= 0.6 is 11.6 Å². The third kappa shape index (κ3) is 7.20. The molecule has 2 atom stereocenters. The number of aliphatic carboxylic acids is 1. The summed E-state index contributed by atoms with van der Waals surface area (Å²) < 4.78 is 5.28. The van der Waals surface area contributed by atoms with E-state index in [2.05, 4.69) is 5.32 Å². The first kappa shape index (κ1) is 24.5. The maximum atomic E-state index is 12.9. The van der Waals surface area contributed by atoms with Crippen molar-refractivity contribution in [2.75, 3.05) is 13.2 Å². The summed E-state index contributed by atoms with van der Waals surface area (Å²) in [6.07, 6.45) is 2.07. The molecule has 1 saturated heterocycles. The van der Waals surface area contributed by atoms with Crippen molar-refractivity contribution in [2.45, 2.75) is 44.3 Å². The van der Waals surface area contributed by atoms with Crippen molar-refractivity contribution in [3.05, 3.63) is 64.7 Å². The van der Waals surface area contributed by atoms with Gasteiger partial charge in [0.1, 0.15) is 11.8 Å². The van der Waals surface area contributed by atoms with E-state index in [9.17, 15) is 14.4 Å². The van der Waals surface area contributed by atoms with Crippen LogP contribution in [0.15, 0.2) is 48.5 Å². The first-order valence-corrected chi connectivity index (χ1v) is 11.2. The normalized spacial score (nSPS) is 16.3. The summed E-state index contributed by atoms with van der Waals surface area (Å²) in [5, 5.41) is 12.1. The lowest BCUT2D eigenvalue weighted by Crippen LogP contribution is -2.47. The van der Waals surface area contributed by atoms with E-state index in [-0.39, 0.29) is 30.8 Å². The highest BCUT2D eigenvalue weighted by atomic mass is 35.5. The minimum absolute atomic E-state index is 0.0976. The monoisotopic (exact) mass is 473 g/mol. The molecule has 0 aromatic heterocycles. The molecule has 9 heteroatoms. The molecular formula is C24H28ClN3O5. The predicted molar refractivity (Wildman–Crippen MR) is 124 cm³/mol. The van der Waals surface area contributed by atoms with Gasteiger partial charge in [-0.25, -0.2) is 4.79 Å². The Morgan fingerprint density at radius 1 is 1.21 bits per heavy atom. The molecule has 33 heavy (non-hydrogen) atoms. The number of amides is 2. The zero-order valence-corrected chi connectivity index (χ0v) is 19.0. The number of carbonyl (C=O) groups is 3. The number of nitrogens with one attached hydrogen (secondary N) is 1. The first-order valence-electron chi connectivity index (χ1n) is 10.8. The van der Waals surface area contributed by atoms with E-state index < -0.39 is 18.6 Å². The molecule has 0 aliphatic carbocycles. The lowest BCUT2D eigenvalue weighted by molar-refractivity contribution is -0.139. The van der Waals surface area contributed by atoms with Crippen LogP contribution in [0, 0.1) is 0 Å². The van der Waals surface area contributed by atoms with E-state index in [1.54, 1.807) is 23.1 Å². The zero-order chi connectivity index (χ0) is 23.8. The van der Waals surface area contributed by atoms with Crippen molar-refractivity contribution in [2.24, 2.45) is 5.73 Å². The fraction of sp³-hybridized carbons (Fsp3) is 0.375. The Kier molecular flexibility index (Phi) is 8.68. The molecule has 0 radical (unpaired) electrons. The highest BCUT2D eigenvalue weighted by Gasteiger charge is 2.34. The predicted octanol–water partition coefficient (Wildman–Crippen LogP) is 2.37. The van der Waals surface area contributed by atoms with Gasteiger partial charge in [0, 0.05) is 36.1 Å². The van der Waals surface area contributed by atoms with Crippen molar-refractivity contribution in [3.8, 4) is 5.75 Å². The molecule has 1 heterocycles. The summed E-state index contributed by atoms with van der Waals surface area (Å²) in [4.78, 5) is 38.1. The van der Waals surface area contributed by atoms with E-state index in [4.69, 9.17) is 27.2 Å². The highest BCUT2D eigenvalue weighted by molar-refractivity contribution is 6.30. The number of carboxylic acid groups (broad SMARTS) is 1. The maximum Gasteiger partial charge on any atom is 0.341 e. The van der Waals surface area contributed by atoms with Crippen molar-refractivity contribution >= 4 is 29.4 Å². The topological polar surface area (TPSA) is 122 Å². The van der Waals surface area contributed by atoms with Crippen LogP contribution in [0.5, 0.6) is 5.75 Å². The van der Waals surface area contributed by atoms with Crippen LogP contribution < -0.4 is 15.8 Å². The average molecular weight is 474 g/mol. The molecule has 0 bridgehead atoms. The van der Waals surface area contributed by atoms with Gasteiger partial charge in [0.15, 0.2) is 6.61 Å². The summed E-state index contributed by atoms with van der Waals surface area (Å²) in [6, 6.07) is 13.6. The molecule has 1 aliphatic rings. The molecule has 1 aliphatic heterocycles. The van der Waals surface area contributed by atoms with Crippen LogP contribution in [0.1, 0.15) is 30.4 Å². The largest absolute Gasteiger partial charge is 0.482 e. The van der Waals surface area contributed by atoms with E-state index in [0.717, 1.165) is 12.0 Å². The van der Waals surface area contributed by atoms with Crippen LogP contribution in [0.2, 0.25) is 5.02 Å². The van der Waals surface area contributed by atoms with Crippen molar-refractivity contribution in [1.82, 2.24) is 10.2 Å². The quantitative estimate of drug-likeness (QED) is 0.487. The number of nitrogens with zero attached hydrogens (tertiary/aromatic N) is 1. The number of carboxylic acids is 1. The van der Waals surface area contributed by atoms with Gasteiger partial charge in [-0.15, -0.1) is 0 Å². The maximum absolute atomic E-state index is 12.9. The number of halogens is 1. The van der Waals surface area contributed by atoms with Crippen LogP contribution in [-0.2, 0) is 27.3 Å². The minimum Gasteiger partial charge on any atom is -0.482 e. The summed E-state index contributed by atoms with van der Waals surface area (Å²) in [7, 11) is 0. The van der Waals surface area contributed by atoms with E-state index in [1.165, 1.54) is 0 Å². The Balaban J connectivity index is 1.57. The second kappa shape index (κ2) is 11.7. The Hall–Kier alpha value is -3.10. The zero-order valence-electron chi connectivity index (χ0n) is 18.2. The molecule has 0 spiro atoms. The lowest BCUT2D eigenvalue weighted by Gasteiger charge is -2.25. The van der Waals surface area contributed by atoms with Gasteiger partial charge in [-0.3, -0.25) is 9.59 Å². The molecule has 8 nitrogen and oxygen atoms in total. The molecule has 176 valence electrons. The van der Waals surface area contributed by atoms with Crippen molar-refractivity contribution < 1.29 is 24.2 Å². The van der Waals surface area contributed by atoms with Crippen LogP contribution in [-0.4, -0.2) is 53.0 Å². The second-order valence-corrected chi connectivity index (χ2v) is 8.49. The lowest BCUT2D eigenvalue weighted by atomic mass is 10.0. The van der Waals surface area contributed by atoms with E-state index >= 15 is 0 Å². The number of nitrogens with two attached hydrogens (primary N) is 1. The van der Waals surface area contributed by atoms with Crippen LogP contribution in [0.25, 0.3) is 0 Å². The second-order valence-electron chi connectivity index (χ2n) is 8.05. The molecular weight excluding hydrogens is 446 g/mol. The summed E-state index contributed by atoms with van der Waals surface area (Å²) in [6.45, 7) is 0.107. The van der Waals surface area contributed by atoms with Crippen LogP contribution in [0.3, 0.4) is 0 Å². The van der Waals surface area contributed by atoms with Gasteiger partial charge in [0.25, 0.3) is 0 Å². The average Bonchev–Trinajstić information content (AvgIpc) is 3.27. The molecule has 0 saturated carbocycles. The molecule has 4 N–H and O–H groups in total. The van der Waals surface area contributed by atoms with Crippen molar-refractivity contribution in [3.63, 3.8) is 0 Å². The Labute approximate surface area is 197 Å². The summed E-state index contributed by atoms with van der Waals surface area (Å²) in [5.74, 6) is -1.19. The number of likely N-dealkylation sites (tertiary alicyclic amines) is 1. The Bertz CT molecular complexity index is 985. The summed E-state index contributed by atoms with van der Waals surface area (Å²) in [5.41, 5.74) is 7.81. The number of ether oxygens (including phenoxy) is 1. The fourth-order valence-corrected chi connectivity index (χ4v) is 4.13. The van der Waals surface area contributed by atoms with E-state index in [1.807, 2.05) is 30.3 Å². The van der Waals surface area contributed by atoms with Gasteiger partial charge in [-0.1, -0.05) is 41.9 Å². The SMILES string of the molecule is NC(CC(=O)N1CCC[C@@H]1C(=O)NCc1cc(Cl)ccc1OCC(=O)O)Cc1ccccc1. The van der Waals surface area contributed by atoms with Gasteiger partial charge in [0.05, 0.1) is 0 Å². The minimum atomic E-state index is -1.11. The molecule has 1 fully saturated rings. The smallest absolute Gasteiger partial charge is 0.341 e. The van der Waals surface area contributed by atoms with Gasteiger partial charge < -0.3 is 25.8 Å². The van der Waals surface area contributed by atoms with Gasteiger partial charge in [-0.2, -0.15) is 0 Å².